The van der Waals surface area contributed by atoms with Gasteiger partial charge in [-0.25, -0.2) is 15.0 Å². The lowest BCUT2D eigenvalue weighted by Gasteiger charge is -2.03. The predicted octanol–water partition coefficient (Wildman–Crippen LogP) is 1.39. The van der Waals surface area contributed by atoms with Crippen LogP contribution >= 0.6 is 11.8 Å². The second-order valence-electron chi connectivity index (χ2n) is 3.50. The van der Waals surface area contributed by atoms with E-state index in [4.69, 9.17) is 5.73 Å². The topological polar surface area (TPSA) is 69.6 Å². The quantitative estimate of drug-likeness (QED) is 0.643. The lowest BCUT2D eigenvalue weighted by molar-refractivity contribution is 0.864. The Labute approximate surface area is 98.1 Å². The summed E-state index contributed by atoms with van der Waals surface area (Å²) in [6, 6.07) is 1.76. The Morgan fingerprint density at radius 3 is 2.88 bits per heavy atom. The second kappa shape index (κ2) is 4.52. The van der Waals surface area contributed by atoms with E-state index < -0.39 is 0 Å². The molecule has 0 aliphatic carbocycles. The zero-order chi connectivity index (χ0) is 11.5. The van der Waals surface area contributed by atoms with Crippen molar-refractivity contribution >= 4 is 17.6 Å². The fourth-order valence-corrected chi connectivity index (χ4v) is 2.23. The third kappa shape index (κ3) is 2.52. The zero-order valence-corrected chi connectivity index (χ0v) is 10.0. The van der Waals surface area contributed by atoms with Crippen molar-refractivity contribution in [3.05, 3.63) is 30.0 Å². The molecule has 0 spiro atoms. The Balaban J connectivity index is 2.07. The van der Waals surface area contributed by atoms with Crippen LogP contribution in [0.4, 0.5) is 5.82 Å². The highest BCUT2D eigenvalue weighted by Crippen LogP contribution is 2.19. The van der Waals surface area contributed by atoms with Crippen molar-refractivity contribution in [2.24, 2.45) is 7.05 Å². The van der Waals surface area contributed by atoms with Crippen LogP contribution in [0.1, 0.15) is 11.4 Å². The smallest absolute Gasteiger partial charge is 0.190 e. The summed E-state index contributed by atoms with van der Waals surface area (Å²) in [5.74, 6) is 1.30. The molecule has 6 heteroatoms. The molecule has 2 aromatic rings. The average Bonchev–Trinajstić information content (AvgIpc) is 2.59. The van der Waals surface area contributed by atoms with Crippen LogP contribution < -0.4 is 5.73 Å². The van der Waals surface area contributed by atoms with Gasteiger partial charge in [-0.2, -0.15) is 0 Å². The van der Waals surface area contributed by atoms with Gasteiger partial charge in [-0.3, -0.25) is 0 Å². The van der Waals surface area contributed by atoms with E-state index in [9.17, 15) is 0 Å². The van der Waals surface area contributed by atoms with Crippen LogP contribution in [0, 0.1) is 6.92 Å². The van der Waals surface area contributed by atoms with Crippen LogP contribution in [-0.2, 0) is 12.8 Å². The van der Waals surface area contributed by atoms with E-state index in [0.29, 0.717) is 11.0 Å². The molecule has 0 aliphatic rings. The Hall–Kier alpha value is -1.56. The minimum absolute atomic E-state index is 0.514. The van der Waals surface area contributed by atoms with Gasteiger partial charge in [0.15, 0.2) is 5.16 Å². The summed E-state index contributed by atoms with van der Waals surface area (Å²) in [5.41, 5.74) is 7.68. The van der Waals surface area contributed by atoms with E-state index in [-0.39, 0.29) is 0 Å². The summed E-state index contributed by atoms with van der Waals surface area (Å²) in [6.07, 6.45) is 3.62. The van der Waals surface area contributed by atoms with Crippen LogP contribution in [0.3, 0.4) is 0 Å². The molecular weight excluding hydrogens is 222 g/mol. The predicted molar refractivity (Wildman–Crippen MR) is 64.0 cm³/mol. The number of nitrogens with zero attached hydrogens (tertiary/aromatic N) is 4. The highest BCUT2D eigenvalue weighted by Gasteiger charge is 2.03. The SMILES string of the molecule is Cc1cc(N)nc(SCc2cncn2C)n1. The fourth-order valence-electron chi connectivity index (χ4n) is 1.29. The lowest BCUT2D eigenvalue weighted by atomic mass is 10.4. The number of nitrogen functional groups attached to an aromatic ring is 1. The number of anilines is 1. The van der Waals surface area contributed by atoms with E-state index >= 15 is 0 Å². The Bertz CT molecular complexity index is 473. The van der Waals surface area contributed by atoms with Gasteiger partial charge >= 0.3 is 0 Å². The van der Waals surface area contributed by atoms with Crippen LogP contribution in [0.25, 0.3) is 0 Å². The van der Waals surface area contributed by atoms with E-state index in [1.54, 1.807) is 24.2 Å². The van der Waals surface area contributed by atoms with Crippen LogP contribution in [0.2, 0.25) is 0 Å². The van der Waals surface area contributed by atoms with E-state index in [1.807, 2.05) is 24.7 Å². The summed E-state index contributed by atoms with van der Waals surface area (Å²) >= 11 is 1.56. The third-order valence-electron chi connectivity index (χ3n) is 2.12. The Morgan fingerprint density at radius 1 is 1.44 bits per heavy atom. The molecule has 2 N–H and O–H groups in total. The number of aryl methyl sites for hydroxylation is 2. The zero-order valence-electron chi connectivity index (χ0n) is 9.21. The van der Waals surface area contributed by atoms with Crippen molar-refractivity contribution in [1.82, 2.24) is 19.5 Å². The van der Waals surface area contributed by atoms with Crippen LogP contribution in [-0.4, -0.2) is 19.5 Å². The monoisotopic (exact) mass is 235 g/mol. The minimum Gasteiger partial charge on any atom is -0.384 e. The molecule has 0 atom stereocenters. The van der Waals surface area contributed by atoms with Crippen molar-refractivity contribution in [3.8, 4) is 0 Å². The van der Waals surface area contributed by atoms with Gasteiger partial charge in [-0.1, -0.05) is 11.8 Å². The van der Waals surface area contributed by atoms with Gasteiger partial charge in [0.25, 0.3) is 0 Å². The van der Waals surface area contributed by atoms with E-state index in [1.165, 1.54) is 0 Å². The number of imidazole rings is 1. The van der Waals surface area contributed by atoms with Crippen molar-refractivity contribution < 1.29 is 0 Å². The van der Waals surface area contributed by atoms with Crippen molar-refractivity contribution in [2.75, 3.05) is 5.73 Å². The molecule has 16 heavy (non-hydrogen) atoms. The summed E-state index contributed by atoms with van der Waals surface area (Å²) in [5, 5.41) is 0.707. The molecule has 2 rings (SSSR count). The maximum atomic E-state index is 5.66. The largest absolute Gasteiger partial charge is 0.384 e. The first-order valence-corrected chi connectivity index (χ1v) is 5.83. The van der Waals surface area contributed by atoms with Gasteiger partial charge in [0.2, 0.25) is 0 Å². The number of hydrogen-bond donors (Lipinski definition) is 1. The first-order valence-electron chi connectivity index (χ1n) is 4.84. The second-order valence-corrected chi connectivity index (χ2v) is 4.44. The molecule has 2 heterocycles. The molecule has 5 nitrogen and oxygen atoms in total. The highest BCUT2D eigenvalue weighted by atomic mass is 32.2. The highest BCUT2D eigenvalue weighted by molar-refractivity contribution is 7.98. The first kappa shape index (κ1) is 10.9. The lowest BCUT2D eigenvalue weighted by Crippen LogP contribution is -1.98. The molecule has 0 fully saturated rings. The first-order chi connectivity index (χ1) is 7.65. The summed E-state index contributed by atoms with van der Waals surface area (Å²) in [6.45, 7) is 1.91. The number of aromatic nitrogens is 4. The average molecular weight is 235 g/mol. The van der Waals surface area contributed by atoms with Gasteiger partial charge in [-0.05, 0) is 6.92 Å². The molecular formula is C10H13N5S. The van der Waals surface area contributed by atoms with Gasteiger partial charge in [0.1, 0.15) is 5.82 Å². The Kier molecular flexibility index (Phi) is 3.09. The number of rotatable bonds is 3. The molecule has 0 amide bonds. The third-order valence-corrected chi connectivity index (χ3v) is 3.00. The van der Waals surface area contributed by atoms with Crippen molar-refractivity contribution in [3.63, 3.8) is 0 Å². The number of thioether (sulfide) groups is 1. The normalized spacial score (nSPS) is 10.6. The van der Waals surface area contributed by atoms with Gasteiger partial charge in [0.05, 0.1) is 6.33 Å². The van der Waals surface area contributed by atoms with Gasteiger partial charge < -0.3 is 10.3 Å². The van der Waals surface area contributed by atoms with E-state index in [2.05, 4.69) is 15.0 Å². The minimum atomic E-state index is 0.514. The van der Waals surface area contributed by atoms with Crippen molar-refractivity contribution in [2.45, 2.75) is 17.8 Å². The summed E-state index contributed by atoms with van der Waals surface area (Å²) < 4.78 is 1.98. The molecule has 0 aliphatic heterocycles. The maximum Gasteiger partial charge on any atom is 0.190 e. The van der Waals surface area contributed by atoms with Crippen molar-refractivity contribution in [1.29, 1.82) is 0 Å². The molecule has 2 aromatic heterocycles. The number of hydrogen-bond acceptors (Lipinski definition) is 5. The molecule has 0 aromatic carbocycles. The maximum absolute atomic E-state index is 5.66. The Morgan fingerprint density at radius 2 is 2.25 bits per heavy atom. The van der Waals surface area contributed by atoms with Gasteiger partial charge in [0, 0.05) is 36.5 Å². The van der Waals surface area contributed by atoms with Gasteiger partial charge in [-0.15, -0.1) is 0 Å². The molecule has 0 saturated carbocycles. The van der Waals surface area contributed by atoms with Crippen LogP contribution in [0.15, 0.2) is 23.7 Å². The van der Waals surface area contributed by atoms with Crippen LogP contribution in [0.5, 0.6) is 0 Å². The summed E-state index contributed by atoms with van der Waals surface area (Å²) in [7, 11) is 1.97. The molecule has 0 bridgehead atoms. The molecule has 0 saturated heterocycles. The fraction of sp³-hybridized carbons (Fsp3) is 0.300. The number of nitrogens with two attached hydrogens (primary N) is 1. The van der Waals surface area contributed by atoms with E-state index in [0.717, 1.165) is 17.1 Å². The molecule has 0 unspecified atom stereocenters. The standard InChI is InChI=1S/C10H13N5S/c1-7-3-9(11)14-10(13-7)16-5-8-4-12-6-15(8)2/h3-4,6H,5H2,1-2H3,(H2,11,13,14). The molecule has 0 radical (unpaired) electrons. The molecule has 84 valence electrons. The summed E-state index contributed by atoms with van der Waals surface area (Å²) in [4.78, 5) is 12.5.